The minimum atomic E-state index is -0.409. The maximum absolute atomic E-state index is 11.6. The molecule has 0 spiro atoms. The van der Waals surface area contributed by atoms with Crippen molar-refractivity contribution in [3.63, 3.8) is 0 Å². The van der Waals surface area contributed by atoms with Crippen LogP contribution in [0.25, 0.3) is 0 Å². The Kier molecular flexibility index (Phi) is 13.2. The van der Waals surface area contributed by atoms with Crippen LogP contribution in [0.3, 0.4) is 0 Å². The molecule has 0 saturated carbocycles. The molecule has 26 heavy (non-hydrogen) atoms. The number of hydrogen-bond acceptors (Lipinski definition) is 5. The van der Waals surface area contributed by atoms with Crippen LogP contribution in [0.1, 0.15) is 55.0 Å². The third kappa shape index (κ3) is 8.39. The molecule has 7 nitrogen and oxygen atoms in total. The number of methoxy groups -OCH3 is 1. The topological polar surface area (TPSA) is 96.1 Å². The summed E-state index contributed by atoms with van der Waals surface area (Å²) in [5.74, 6) is 1.83. The van der Waals surface area contributed by atoms with Crippen molar-refractivity contribution in [2.24, 2.45) is 10.9 Å². The van der Waals surface area contributed by atoms with E-state index in [1.54, 1.807) is 13.0 Å². The van der Waals surface area contributed by atoms with E-state index in [-0.39, 0.29) is 30.6 Å². The van der Waals surface area contributed by atoms with Crippen molar-refractivity contribution in [2.75, 3.05) is 26.8 Å². The van der Waals surface area contributed by atoms with Crippen LogP contribution in [-0.4, -0.2) is 43.8 Å². The van der Waals surface area contributed by atoms with Crippen LogP contribution in [0, 0.1) is 12.8 Å². The smallest absolute Gasteiger partial charge is 0.341 e. The van der Waals surface area contributed by atoms with Crippen LogP contribution < -0.4 is 10.6 Å². The lowest BCUT2D eigenvalue weighted by Crippen LogP contribution is -2.40. The van der Waals surface area contributed by atoms with Gasteiger partial charge >= 0.3 is 5.97 Å². The highest BCUT2D eigenvalue weighted by molar-refractivity contribution is 14.0. The summed E-state index contributed by atoms with van der Waals surface area (Å²) in [6.45, 7) is 7.89. The van der Waals surface area contributed by atoms with Gasteiger partial charge in [0, 0.05) is 19.7 Å². The largest absolute Gasteiger partial charge is 0.465 e. The van der Waals surface area contributed by atoms with Crippen LogP contribution in [0.2, 0.25) is 0 Å². The molecule has 0 aliphatic rings. The number of hydrogen-bond donors (Lipinski definition) is 3. The van der Waals surface area contributed by atoms with E-state index in [2.05, 4.69) is 22.5 Å². The van der Waals surface area contributed by atoms with Crippen molar-refractivity contribution >= 4 is 35.9 Å². The molecule has 0 amide bonds. The molecular formula is C18H32IN3O4. The van der Waals surface area contributed by atoms with Gasteiger partial charge in [-0.1, -0.05) is 13.3 Å². The molecular weight excluding hydrogens is 449 g/mol. The molecule has 0 aromatic carbocycles. The fraction of sp³-hybridized carbons (Fsp3) is 0.667. The normalized spacial score (nSPS) is 12.3. The highest BCUT2D eigenvalue weighted by atomic mass is 127. The number of aliphatic imine (C=N–C) groups is 1. The van der Waals surface area contributed by atoms with E-state index >= 15 is 0 Å². The van der Waals surface area contributed by atoms with Gasteiger partial charge in [-0.05, 0) is 38.7 Å². The number of carbonyl (C=O) groups is 1. The maximum atomic E-state index is 11.6. The lowest BCUT2D eigenvalue weighted by molar-refractivity contribution is 0.0599. The standard InChI is InChI=1S/C18H31N3O4.HI/c1-5-7-14(8-9-22)11-20-18(19-6-2)21-12-15-10-16(13(3)25-15)17(23)24-4;/h10,14,22H,5-9,11-12H2,1-4H3,(H2,19,20,21);1H. The summed E-state index contributed by atoms with van der Waals surface area (Å²) in [6, 6.07) is 1.67. The van der Waals surface area contributed by atoms with Crippen LogP contribution in [0.4, 0.5) is 0 Å². The number of rotatable bonds is 10. The molecule has 1 aromatic rings. The number of carbonyl (C=O) groups excluding carboxylic acids is 1. The van der Waals surface area contributed by atoms with E-state index in [1.807, 2.05) is 6.92 Å². The highest BCUT2D eigenvalue weighted by Crippen LogP contribution is 2.16. The summed E-state index contributed by atoms with van der Waals surface area (Å²) < 4.78 is 10.3. The third-order valence-corrected chi connectivity index (χ3v) is 3.90. The van der Waals surface area contributed by atoms with E-state index in [9.17, 15) is 4.79 Å². The first kappa shape index (κ1) is 24.7. The van der Waals surface area contributed by atoms with Crippen molar-refractivity contribution in [3.05, 3.63) is 23.2 Å². The Labute approximate surface area is 173 Å². The SMILES string of the molecule is CCCC(CCO)CNC(=NCc1cc(C(=O)OC)c(C)o1)NCC.I. The zero-order valence-corrected chi connectivity index (χ0v) is 18.5. The number of nitrogens with one attached hydrogen (secondary N) is 2. The molecule has 150 valence electrons. The molecule has 8 heteroatoms. The van der Waals surface area contributed by atoms with Crippen molar-refractivity contribution in [2.45, 2.75) is 46.6 Å². The molecule has 0 aliphatic heterocycles. The summed E-state index contributed by atoms with van der Waals surface area (Å²) in [7, 11) is 1.35. The Morgan fingerprint density at radius 1 is 1.35 bits per heavy atom. The quantitative estimate of drug-likeness (QED) is 0.206. The first-order valence-corrected chi connectivity index (χ1v) is 8.86. The van der Waals surface area contributed by atoms with E-state index in [0.717, 1.165) is 32.4 Å². The average molecular weight is 481 g/mol. The number of furan rings is 1. The van der Waals surface area contributed by atoms with Crippen LogP contribution in [-0.2, 0) is 11.3 Å². The molecule has 0 bridgehead atoms. The number of halogens is 1. The van der Waals surface area contributed by atoms with E-state index in [0.29, 0.717) is 35.5 Å². The zero-order chi connectivity index (χ0) is 18.7. The summed E-state index contributed by atoms with van der Waals surface area (Å²) in [5.41, 5.74) is 0.427. The molecule has 1 atom stereocenters. The molecule has 0 saturated heterocycles. The van der Waals surface area contributed by atoms with Gasteiger partial charge in [0.05, 0.1) is 7.11 Å². The monoisotopic (exact) mass is 481 g/mol. The van der Waals surface area contributed by atoms with Gasteiger partial charge in [-0.15, -0.1) is 24.0 Å². The van der Waals surface area contributed by atoms with E-state index < -0.39 is 5.97 Å². The molecule has 0 fully saturated rings. The molecule has 1 heterocycles. The van der Waals surface area contributed by atoms with Crippen molar-refractivity contribution in [1.82, 2.24) is 10.6 Å². The fourth-order valence-electron chi connectivity index (χ4n) is 2.61. The number of nitrogens with zero attached hydrogens (tertiary/aromatic N) is 1. The minimum absolute atomic E-state index is 0. The Hall–Kier alpha value is -1.29. The average Bonchev–Trinajstić information content (AvgIpc) is 2.97. The number of guanidine groups is 1. The minimum Gasteiger partial charge on any atom is -0.465 e. The van der Waals surface area contributed by atoms with Gasteiger partial charge in [0.1, 0.15) is 23.6 Å². The second kappa shape index (κ2) is 13.9. The predicted molar refractivity (Wildman–Crippen MR) is 113 cm³/mol. The maximum Gasteiger partial charge on any atom is 0.341 e. The van der Waals surface area contributed by atoms with Gasteiger partial charge < -0.3 is 24.9 Å². The van der Waals surface area contributed by atoms with Crippen molar-refractivity contribution in [3.8, 4) is 0 Å². The second-order valence-corrected chi connectivity index (χ2v) is 5.92. The second-order valence-electron chi connectivity index (χ2n) is 5.92. The molecule has 1 unspecified atom stereocenters. The van der Waals surface area contributed by atoms with Gasteiger partial charge in [0.15, 0.2) is 5.96 Å². The van der Waals surface area contributed by atoms with Gasteiger partial charge in [0.2, 0.25) is 0 Å². The number of aliphatic hydroxyl groups excluding tert-OH is 1. The number of esters is 1. The number of aliphatic hydroxyl groups is 1. The van der Waals surface area contributed by atoms with Crippen molar-refractivity contribution < 1.29 is 19.1 Å². The highest BCUT2D eigenvalue weighted by Gasteiger charge is 2.15. The Morgan fingerprint density at radius 3 is 2.65 bits per heavy atom. The lowest BCUT2D eigenvalue weighted by atomic mass is 10.0. The predicted octanol–water partition coefficient (Wildman–Crippen LogP) is 2.85. The van der Waals surface area contributed by atoms with Gasteiger partial charge in [-0.2, -0.15) is 0 Å². The van der Waals surface area contributed by atoms with E-state index in [1.165, 1.54) is 7.11 Å². The summed E-state index contributed by atoms with van der Waals surface area (Å²) in [5, 5.41) is 15.7. The zero-order valence-electron chi connectivity index (χ0n) is 16.1. The molecule has 0 radical (unpaired) electrons. The van der Waals surface area contributed by atoms with Crippen LogP contribution in [0.5, 0.6) is 0 Å². The van der Waals surface area contributed by atoms with Crippen molar-refractivity contribution in [1.29, 1.82) is 0 Å². The van der Waals surface area contributed by atoms with E-state index in [4.69, 9.17) is 14.3 Å². The van der Waals surface area contributed by atoms with Gasteiger partial charge in [-0.3, -0.25) is 0 Å². The van der Waals surface area contributed by atoms with Crippen LogP contribution in [0.15, 0.2) is 15.5 Å². The molecule has 1 rings (SSSR count). The Balaban J connectivity index is 0.00000625. The fourth-order valence-corrected chi connectivity index (χ4v) is 2.61. The number of ether oxygens (including phenoxy) is 1. The summed E-state index contributed by atoms with van der Waals surface area (Å²) >= 11 is 0. The van der Waals surface area contributed by atoms with Crippen LogP contribution >= 0.6 is 24.0 Å². The van der Waals surface area contributed by atoms with Gasteiger partial charge in [0.25, 0.3) is 0 Å². The molecule has 3 N–H and O–H groups in total. The number of aryl methyl sites for hydroxylation is 1. The Morgan fingerprint density at radius 2 is 2.08 bits per heavy atom. The molecule has 0 aliphatic carbocycles. The Bertz CT molecular complexity index is 555. The third-order valence-electron chi connectivity index (χ3n) is 3.90. The first-order valence-electron chi connectivity index (χ1n) is 8.86. The van der Waals surface area contributed by atoms with Gasteiger partial charge in [-0.25, -0.2) is 9.79 Å². The first-order chi connectivity index (χ1) is 12.0. The lowest BCUT2D eigenvalue weighted by Gasteiger charge is -2.18. The summed E-state index contributed by atoms with van der Waals surface area (Å²) in [6.07, 6.45) is 2.93. The summed E-state index contributed by atoms with van der Waals surface area (Å²) in [4.78, 5) is 16.1. The molecule has 1 aromatic heterocycles.